The number of aromatic nitrogens is 2. The molecular formula is C19H18N2O3. The molecule has 5 heteroatoms. The fourth-order valence-corrected chi connectivity index (χ4v) is 2.63. The van der Waals surface area contributed by atoms with Gasteiger partial charge in [0.25, 0.3) is 0 Å². The summed E-state index contributed by atoms with van der Waals surface area (Å²) in [6.07, 6.45) is 0. The van der Waals surface area contributed by atoms with Crippen molar-refractivity contribution in [1.29, 1.82) is 0 Å². The van der Waals surface area contributed by atoms with E-state index in [0.29, 0.717) is 22.5 Å². The number of aromatic hydroxyl groups is 1. The number of phenols is 1. The summed E-state index contributed by atoms with van der Waals surface area (Å²) in [6, 6.07) is 16.4. The van der Waals surface area contributed by atoms with E-state index in [-0.39, 0.29) is 12.4 Å². The van der Waals surface area contributed by atoms with Gasteiger partial charge in [0, 0.05) is 5.56 Å². The molecule has 3 aromatic rings. The van der Waals surface area contributed by atoms with Crippen molar-refractivity contribution in [2.24, 2.45) is 0 Å². The maximum Gasteiger partial charge on any atom is 0.342 e. The van der Waals surface area contributed by atoms with Crippen LogP contribution in [-0.2, 0) is 4.74 Å². The van der Waals surface area contributed by atoms with E-state index in [1.807, 2.05) is 37.3 Å². The van der Waals surface area contributed by atoms with E-state index in [2.05, 4.69) is 5.10 Å². The summed E-state index contributed by atoms with van der Waals surface area (Å²) in [4.78, 5) is 12.5. The number of carbonyl (C=O) groups is 1. The quantitative estimate of drug-likeness (QED) is 0.743. The number of benzene rings is 2. The largest absolute Gasteiger partial charge is 0.507 e. The van der Waals surface area contributed by atoms with Crippen LogP contribution in [-0.4, -0.2) is 27.5 Å². The van der Waals surface area contributed by atoms with Gasteiger partial charge >= 0.3 is 5.97 Å². The van der Waals surface area contributed by atoms with Crippen LogP contribution < -0.4 is 0 Å². The van der Waals surface area contributed by atoms with Crippen molar-refractivity contribution in [3.05, 3.63) is 65.9 Å². The van der Waals surface area contributed by atoms with E-state index in [0.717, 1.165) is 5.69 Å². The van der Waals surface area contributed by atoms with E-state index in [1.54, 1.807) is 35.9 Å². The van der Waals surface area contributed by atoms with E-state index < -0.39 is 5.97 Å². The van der Waals surface area contributed by atoms with Gasteiger partial charge in [-0.15, -0.1) is 0 Å². The summed E-state index contributed by atoms with van der Waals surface area (Å²) < 4.78 is 6.87. The highest BCUT2D eigenvalue weighted by molar-refractivity contribution is 5.98. The number of ether oxygens (including phenoxy) is 1. The summed E-state index contributed by atoms with van der Waals surface area (Å²) in [5.41, 5.74) is 2.77. The summed E-state index contributed by atoms with van der Waals surface area (Å²) in [5.74, 6) is -0.379. The highest BCUT2D eigenvalue weighted by Gasteiger charge is 2.25. The Morgan fingerprint density at radius 3 is 2.46 bits per heavy atom. The molecule has 24 heavy (non-hydrogen) atoms. The van der Waals surface area contributed by atoms with Gasteiger partial charge in [0.1, 0.15) is 17.0 Å². The monoisotopic (exact) mass is 322 g/mol. The molecule has 0 bridgehead atoms. The number of hydrogen-bond donors (Lipinski definition) is 1. The molecule has 3 rings (SSSR count). The van der Waals surface area contributed by atoms with Crippen LogP contribution in [0, 0.1) is 6.92 Å². The molecule has 0 aliphatic rings. The first kappa shape index (κ1) is 15.8. The first-order chi connectivity index (χ1) is 11.6. The van der Waals surface area contributed by atoms with Gasteiger partial charge in [0.05, 0.1) is 18.0 Å². The van der Waals surface area contributed by atoms with Gasteiger partial charge in [-0.2, -0.15) is 5.10 Å². The molecule has 0 aliphatic heterocycles. The lowest BCUT2D eigenvalue weighted by molar-refractivity contribution is 0.0526. The van der Waals surface area contributed by atoms with Crippen LogP contribution in [0.5, 0.6) is 5.75 Å². The molecule has 0 unspecified atom stereocenters. The number of rotatable bonds is 4. The number of para-hydroxylation sites is 2. The number of nitrogens with zero attached hydrogens (tertiary/aromatic N) is 2. The first-order valence-corrected chi connectivity index (χ1v) is 7.74. The predicted octanol–water partition coefficient (Wildman–Crippen LogP) is 3.73. The Morgan fingerprint density at radius 1 is 1.12 bits per heavy atom. The maximum absolute atomic E-state index is 12.5. The number of carbonyl (C=O) groups excluding carboxylic acids is 1. The van der Waals surface area contributed by atoms with Crippen LogP contribution >= 0.6 is 0 Å². The molecule has 0 radical (unpaired) electrons. The molecule has 1 aromatic heterocycles. The number of phenolic OH excluding ortho intramolecular Hbond substituents is 1. The molecule has 1 N–H and O–H groups in total. The molecule has 1 heterocycles. The molecule has 0 saturated carbocycles. The van der Waals surface area contributed by atoms with Crippen LogP contribution in [0.4, 0.5) is 0 Å². The Hall–Kier alpha value is -3.08. The van der Waals surface area contributed by atoms with Crippen molar-refractivity contribution in [2.75, 3.05) is 6.61 Å². The van der Waals surface area contributed by atoms with Crippen molar-refractivity contribution >= 4 is 5.97 Å². The standard InChI is InChI=1S/C19H18N2O3/c1-3-24-19(23)17-13(2)21(14-9-5-4-6-10-14)20-18(17)15-11-7-8-12-16(15)22/h4-12,22H,3H2,1-2H3. The zero-order valence-corrected chi connectivity index (χ0v) is 13.6. The number of hydrogen-bond acceptors (Lipinski definition) is 4. The van der Waals surface area contributed by atoms with Gasteiger partial charge in [-0.1, -0.05) is 30.3 Å². The normalized spacial score (nSPS) is 10.6. The molecule has 2 aromatic carbocycles. The fourth-order valence-electron chi connectivity index (χ4n) is 2.63. The third-order valence-corrected chi connectivity index (χ3v) is 3.76. The molecular weight excluding hydrogens is 304 g/mol. The second-order valence-electron chi connectivity index (χ2n) is 5.29. The minimum absolute atomic E-state index is 0.0701. The van der Waals surface area contributed by atoms with Crippen molar-refractivity contribution < 1.29 is 14.6 Å². The second-order valence-corrected chi connectivity index (χ2v) is 5.29. The Morgan fingerprint density at radius 2 is 1.79 bits per heavy atom. The molecule has 0 amide bonds. The lowest BCUT2D eigenvalue weighted by atomic mass is 10.1. The highest BCUT2D eigenvalue weighted by Crippen LogP contribution is 2.33. The molecule has 0 saturated heterocycles. The summed E-state index contributed by atoms with van der Waals surface area (Å²) in [7, 11) is 0. The summed E-state index contributed by atoms with van der Waals surface area (Å²) in [6.45, 7) is 3.85. The molecule has 122 valence electrons. The van der Waals surface area contributed by atoms with Gasteiger partial charge < -0.3 is 9.84 Å². The summed E-state index contributed by atoms with van der Waals surface area (Å²) in [5, 5.41) is 14.7. The van der Waals surface area contributed by atoms with Crippen molar-refractivity contribution in [1.82, 2.24) is 9.78 Å². The van der Waals surface area contributed by atoms with Crippen molar-refractivity contribution in [2.45, 2.75) is 13.8 Å². The number of esters is 1. The third-order valence-electron chi connectivity index (χ3n) is 3.76. The zero-order valence-electron chi connectivity index (χ0n) is 13.6. The van der Waals surface area contributed by atoms with Crippen LogP contribution in [0.25, 0.3) is 16.9 Å². The lowest BCUT2D eigenvalue weighted by Gasteiger charge is -2.05. The lowest BCUT2D eigenvalue weighted by Crippen LogP contribution is -2.07. The highest BCUT2D eigenvalue weighted by atomic mass is 16.5. The van der Waals surface area contributed by atoms with Gasteiger partial charge in [-0.25, -0.2) is 9.48 Å². The van der Waals surface area contributed by atoms with E-state index >= 15 is 0 Å². The van der Waals surface area contributed by atoms with Crippen LogP contribution in [0.2, 0.25) is 0 Å². The molecule has 0 atom stereocenters. The predicted molar refractivity (Wildman–Crippen MR) is 91.4 cm³/mol. The van der Waals surface area contributed by atoms with E-state index in [9.17, 15) is 9.90 Å². The average molecular weight is 322 g/mol. The second kappa shape index (κ2) is 6.58. The SMILES string of the molecule is CCOC(=O)c1c(-c2ccccc2O)nn(-c2ccccc2)c1C. The molecule has 5 nitrogen and oxygen atoms in total. The molecule has 0 fully saturated rings. The van der Waals surface area contributed by atoms with Crippen LogP contribution in [0.1, 0.15) is 23.0 Å². The Bertz CT molecular complexity index is 870. The van der Waals surface area contributed by atoms with Gasteiger partial charge in [-0.3, -0.25) is 0 Å². The van der Waals surface area contributed by atoms with Gasteiger partial charge in [0.2, 0.25) is 0 Å². The maximum atomic E-state index is 12.5. The van der Waals surface area contributed by atoms with Gasteiger partial charge in [-0.05, 0) is 38.1 Å². The minimum Gasteiger partial charge on any atom is -0.507 e. The molecule has 0 aliphatic carbocycles. The summed E-state index contributed by atoms with van der Waals surface area (Å²) >= 11 is 0. The average Bonchev–Trinajstić information content (AvgIpc) is 2.93. The van der Waals surface area contributed by atoms with Crippen LogP contribution in [0.3, 0.4) is 0 Å². The van der Waals surface area contributed by atoms with E-state index in [4.69, 9.17) is 4.74 Å². The zero-order chi connectivity index (χ0) is 17.1. The van der Waals surface area contributed by atoms with Crippen molar-refractivity contribution in [3.63, 3.8) is 0 Å². The van der Waals surface area contributed by atoms with Gasteiger partial charge in [0.15, 0.2) is 0 Å². The van der Waals surface area contributed by atoms with Crippen LogP contribution in [0.15, 0.2) is 54.6 Å². The first-order valence-electron chi connectivity index (χ1n) is 7.74. The minimum atomic E-state index is -0.449. The fraction of sp³-hybridized carbons (Fsp3) is 0.158. The van der Waals surface area contributed by atoms with Crippen molar-refractivity contribution in [3.8, 4) is 22.7 Å². The molecule has 0 spiro atoms. The Balaban J connectivity index is 2.24. The third kappa shape index (κ3) is 2.76. The Kier molecular flexibility index (Phi) is 4.33. The smallest absolute Gasteiger partial charge is 0.342 e. The topological polar surface area (TPSA) is 64.3 Å². The Labute approximate surface area is 140 Å². The van der Waals surface area contributed by atoms with E-state index in [1.165, 1.54) is 0 Å².